The molecular formula is C17H17N5O3S3. The van der Waals surface area contributed by atoms with E-state index in [1.807, 2.05) is 18.2 Å². The number of nitrogens with zero attached hydrogens (tertiary/aromatic N) is 3. The summed E-state index contributed by atoms with van der Waals surface area (Å²) in [6, 6.07) is 7.39. The average Bonchev–Trinajstić information content (AvgIpc) is 3.39. The van der Waals surface area contributed by atoms with Crippen LogP contribution in [0.4, 0.5) is 5.69 Å². The molecule has 28 heavy (non-hydrogen) atoms. The molecule has 0 radical (unpaired) electrons. The Morgan fingerprint density at radius 1 is 1.43 bits per heavy atom. The predicted molar refractivity (Wildman–Crippen MR) is 113 cm³/mol. The number of primary amides is 1. The van der Waals surface area contributed by atoms with Gasteiger partial charge in [-0.3, -0.25) is 14.1 Å². The summed E-state index contributed by atoms with van der Waals surface area (Å²) >= 11 is 2.58. The normalized spacial score (nSPS) is 17.0. The Bertz CT molecular complexity index is 1170. The van der Waals surface area contributed by atoms with Crippen LogP contribution in [0, 0.1) is 0 Å². The Morgan fingerprint density at radius 3 is 2.96 bits per heavy atom. The van der Waals surface area contributed by atoms with Crippen molar-refractivity contribution >= 4 is 60.7 Å². The number of aromatic nitrogens is 2. The van der Waals surface area contributed by atoms with Gasteiger partial charge in [-0.2, -0.15) is 8.42 Å². The van der Waals surface area contributed by atoms with E-state index < -0.39 is 10.0 Å². The van der Waals surface area contributed by atoms with Gasteiger partial charge in [0, 0.05) is 35.7 Å². The summed E-state index contributed by atoms with van der Waals surface area (Å²) in [7, 11) is -2.23. The van der Waals surface area contributed by atoms with Crippen LogP contribution >= 0.6 is 23.1 Å². The van der Waals surface area contributed by atoms with E-state index in [2.05, 4.69) is 15.0 Å². The van der Waals surface area contributed by atoms with Crippen molar-refractivity contribution in [2.45, 2.75) is 16.0 Å². The van der Waals surface area contributed by atoms with Gasteiger partial charge in [-0.1, -0.05) is 23.9 Å². The van der Waals surface area contributed by atoms with Gasteiger partial charge in [-0.05, 0) is 12.1 Å². The average molecular weight is 436 g/mol. The second-order valence-electron chi connectivity index (χ2n) is 6.25. The van der Waals surface area contributed by atoms with E-state index in [-0.39, 0.29) is 21.9 Å². The lowest BCUT2D eigenvalue weighted by Gasteiger charge is -2.18. The van der Waals surface area contributed by atoms with Crippen LogP contribution in [-0.4, -0.2) is 48.2 Å². The number of H-pyrrole nitrogens is 1. The number of benzene rings is 1. The van der Waals surface area contributed by atoms with E-state index in [9.17, 15) is 13.2 Å². The molecule has 0 fully saturated rings. The number of thiazole rings is 1. The first kappa shape index (κ1) is 19.0. The van der Waals surface area contributed by atoms with Crippen molar-refractivity contribution in [1.82, 2.24) is 9.97 Å². The minimum atomic E-state index is -3.74. The Labute approximate surface area is 169 Å². The lowest BCUT2D eigenvalue weighted by Crippen LogP contribution is -2.26. The fourth-order valence-corrected chi connectivity index (χ4v) is 6.28. The maximum Gasteiger partial charge on any atom is 0.291 e. The lowest BCUT2D eigenvalue weighted by molar-refractivity contribution is -0.117. The molecule has 1 unspecified atom stereocenters. The Balaban J connectivity index is 1.68. The third-order valence-electron chi connectivity index (χ3n) is 4.34. The molecule has 4 rings (SSSR count). The van der Waals surface area contributed by atoms with Gasteiger partial charge >= 0.3 is 0 Å². The van der Waals surface area contributed by atoms with E-state index in [1.165, 1.54) is 29.3 Å². The van der Waals surface area contributed by atoms with Crippen LogP contribution in [0.15, 0.2) is 45.2 Å². The van der Waals surface area contributed by atoms with Crippen LogP contribution in [0.2, 0.25) is 0 Å². The molecule has 146 valence electrons. The highest BCUT2D eigenvalue weighted by molar-refractivity contribution is 8.15. The second kappa shape index (κ2) is 7.22. The first-order chi connectivity index (χ1) is 13.4. The van der Waals surface area contributed by atoms with Gasteiger partial charge in [0.05, 0.1) is 23.4 Å². The number of fused-ring (bicyclic) bond motifs is 1. The zero-order valence-corrected chi connectivity index (χ0v) is 17.3. The summed E-state index contributed by atoms with van der Waals surface area (Å²) in [6.07, 6.45) is 1.74. The van der Waals surface area contributed by atoms with Crippen LogP contribution in [-0.2, 0) is 14.8 Å². The van der Waals surface area contributed by atoms with Crippen LogP contribution in [0.1, 0.15) is 12.1 Å². The quantitative estimate of drug-likeness (QED) is 0.615. The SMILES string of the molecule is CN(c1cccc2cc(C3=NCC(CC(N)=O)S3)[nH]c12)S(=O)(=O)c1nccs1. The highest BCUT2D eigenvalue weighted by Crippen LogP contribution is 2.33. The standard InChI is InChI=1S/C17H17N5O3S3/c1-22(28(24,25)17-19-5-6-26-17)13-4-2-3-10-7-12(21-15(10)13)16-20-9-11(27-16)8-14(18)23/h2-7,11,21H,8-9H2,1H3,(H2,18,23). The van der Waals surface area contributed by atoms with Gasteiger partial charge in [0.2, 0.25) is 10.2 Å². The number of hydrogen-bond donors (Lipinski definition) is 2. The Morgan fingerprint density at radius 2 is 2.25 bits per heavy atom. The number of nitrogens with two attached hydrogens (primary N) is 1. The fraction of sp³-hybridized carbons (Fsp3) is 0.235. The largest absolute Gasteiger partial charge is 0.370 e. The topological polar surface area (TPSA) is 122 Å². The molecule has 0 saturated heterocycles. The minimum Gasteiger partial charge on any atom is -0.370 e. The third-order valence-corrected chi connectivity index (χ3v) is 8.51. The number of carbonyl (C=O) groups is 1. The van der Waals surface area contributed by atoms with Crippen molar-refractivity contribution in [2.75, 3.05) is 17.9 Å². The predicted octanol–water partition coefficient (Wildman–Crippen LogP) is 2.19. The molecule has 3 heterocycles. The summed E-state index contributed by atoms with van der Waals surface area (Å²) in [5.41, 5.74) is 7.29. The number of anilines is 1. The summed E-state index contributed by atoms with van der Waals surface area (Å²) in [5, 5.41) is 3.33. The van der Waals surface area contributed by atoms with Crippen LogP contribution < -0.4 is 10.0 Å². The first-order valence-electron chi connectivity index (χ1n) is 8.36. The van der Waals surface area contributed by atoms with Crippen LogP contribution in [0.5, 0.6) is 0 Å². The maximum absolute atomic E-state index is 12.8. The molecule has 1 aliphatic heterocycles. The Hall–Kier alpha value is -2.37. The number of para-hydroxylation sites is 1. The summed E-state index contributed by atoms with van der Waals surface area (Å²) in [6.45, 7) is 0.531. The number of nitrogens with one attached hydrogen (secondary N) is 1. The van der Waals surface area contributed by atoms with Gasteiger partial charge in [0.15, 0.2) is 0 Å². The van der Waals surface area contributed by atoms with Gasteiger partial charge < -0.3 is 10.7 Å². The Kier molecular flexibility index (Phi) is 4.89. The highest BCUT2D eigenvalue weighted by Gasteiger charge is 2.27. The van der Waals surface area contributed by atoms with Gasteiger partial charge in [0.25, 0.3) is 10.0 Å². The lowest BCUT2D eigenvalue weighted by atomic mass is 10.2. The fourth-order valence-electron chi connectivity index (χ4n) is 3.00. The zero-order chi connectivity index (χ0) is 19.9. The third kappa shape index (κ3) is 3.40. The molecule has 0 aliphatic carbocycles. The summed E-state index contributed by atoms with van der Waals surface area (Å²) in [5.74, 6) is -0.345. The van der Waals surface area contributed by atoms with Gasteiger partial charge in [-0.25, -0.2) is 4.98 Å². The molecule has 1 amide bonds. The monoisotopic (exact) mass is 435 g/mol. The zero-order valence-electron chi connectivity index (χ0n) is 14.8. The number of hydrogen-bond acceptors (Lipinski definition) is 7. The van der Waals surface area contributed by atoms with Crippen LogP contribution in [0.3, 0.4) is 0 Å². The number of aromatic amines is 1. The van der Waals surface area contributed by atoms with Crippen molar-refractivity contribution in [1.29, 1.82) is 0 Å². The first-order valence-corrected chi connectivity index (χ1v) is 11.6. The van der Waals surface area contributed by atoms with Crippen LogP contribution in [0.25, 0.3) is 10.9 Å². The molecule has 8 nitrogen and oxygen atoms in total. The minimum absolute atomic E-state index is 0.0336. The van der Waals surface area contributed by atoms with Crippen molar-refractivity contribution in [3.63, 3.8) is 0 Å². The molecule has 3 N–H and O–H groups in total. The van der Waals surface area contributed by atoms with Gasteiger partial charge in [0.1, 0.15) is 5.04 Å². The molecule has 1 aromatic carbocycles. The molecule has 3 aromatic rings. The van der Waals surface area contributed by atoms with E-state index in [1.54, 1.807) is 11.4 Å². The number of aliphatic imine (C=N–C) groups is 1. The van der Waals surface area contributed by atoms with Crippen molar-refractivity contribution in [2.24, 2.45) is 10.7 Å². The molecular weight excluding hydrogens is 418 g/mol. The summed E-state index contributed by atoms with van der Waals surface area (Å²) < 4.78 is 26.9. The molecule has 11 heteroatoms. The molecule has 0 spiro atoms. The smallest absolute Gasteiger partial charge is 0.291 e. The van der Waals surface area contributed by atoms with Crippen molar-refractivity contribution < 1.29 is 13.2 Å². The molecule has 1 atom stereocenters. The molecule has 1 aliphatic rings. The summed E-state index contributed by atoms with van der Waals surface area (Å²) in [4.78, 5) is 22.9. The number of thioether (sulfide) groups is 1. The van der Waals surface area contributed by atoms with E-state index in [4.69, 9.17) is 5.73 Å². The van der Waals surface area contributed by atoms with E-state index in [0.717, 1.165) is 27.5 Å². The van der Waals surface area contributed by atoms with Crippen molar-refractivity contribution in [3.05, 3.63) is 41.5 Å². The maximum atomic E-state index is 12.8. The van der Waals surface area contributed by atoms with E-state index in [0.29, 0.717) is 17.7 Å². The number of sulfonamides is 1. The number of carbonyl (C=O) groups excluding carboxylic acids is 1. The number of amides is 1. The van der Waals surface area contributed by atoms with Gasteiger partial charge in [-0.15, -0.1) is 11.3 Å². The van der Waals surface area contributed by atoms with Crippen molar-refractivity contribution in [3.8, 4) is 0 Å². The molecule has 0 bridgehead atoms. The van der Waals surface area contributed by atoms with E-state index >= 15 is 0 Å². The molecule has 2 aromatic heterocycles. The highest BCUT2D eigenvalue weighted by atomic mass is 32.2. The second-order valence-corrected chi connectivity index (χ2v) is 10.6. The molecule has 0 saturated carbocycles. The number of rotatable bonds is 6.